The lowest BCUT2D eigenvalue weighted by Gasteiger charge is -2.21. The Bertz CT molecular complexity index is 738. The van der Waals surface area contributed by atoms with E-state index < -0.39 is 0 Å². The zero-order chi connectivity index (χ0) is 32.3. The maximum atomic E-state index is 11.9. The fraction of sp³-hybridized carbons (Fsp3) is 0.857. The Labute approximate surface area is 254 Å². The highest BCUT2D eigenvalue weighted by Gasteiger charge is 2.23. The fourth-order valence-electron chi connectivity index (χ4n) is 4.46. The molecule has 7 N–H and O–H groups in total. The summed E-state index contributed by atoms with van der Waals surface area (Å²) >= 11 is 0. The molecule has 0 bridgehead atoms. The maximum absolute atomic E-state index is 11.9. The Hall–Kier alpha value is -2.40. The Morgan fingerprint density at radius 3 is 1.23 bits per heavy atom. The van der Waals surface area contributed by atoms with E-state index in [0.717, 1.165) is 31.7 Å². The van der Waals surface area contributed by atoms with E-state index in [9.17, 15) is 14.4 Å². The summed E-state index contributed by atoms with van der Waals surface area (Å²) < 4.78 is 7.55. The predicted molar refractivity (Wildman–Crippen MR) is 157 cm³/mol. The fourth-order valence-corrected chi connectivity index (χ4v) is 4.46. The molecular formula is C28H55N4O11+. The van der Waals surface area contributed by atoms with Crippen LogP contribution in [-0.4, -0.2) is 184 Å². The largest absolute Gasteiger partial charge is 0.441 e. The molecule has 0 radical (unpaired) electrons. The number of carbonyl (C=O) groups excluding carboxylic acids is 3. The minimum atomic E-state index is -0.155. The summed E-state index contributed by atoms with van der Waals surface area (Å²) in [6.45, 7) is 2.71. The zero-order valence-corrected chi connectivity index (χ0v) is 25.5. The van der Waals surface area contributed by atoms with Gasteiger partial charge in [-0.15, -0.1) is 0 Å². The van der Waals surface area contributed by atoms with Gasteiger partial charge in [0.05, 0.1) is 46.1 Å². The lowest BCUT2D eigenvalue weighted by atomic mass is 10.1. The van der Waals surface area contributed by atoms with Crippen LogP contribution in [0.25, 0.3) is 0 Å². The Kier molecular flexibility index (Phi) is 25.7. The van der Waals surface area contributed by atoms with E-state index in [1.165, 1.54) is 14.7 Å². The molecule has 0 aromatic carbocycles. The number of carbonyl (C=O) groups is 3. The van der Waals surface area contributed by atoms with Crippen LogP contribution < -0.4 is 0 Å². The summed E-state index contributed by atoms with van der Waals surface area (Å²) in [4.78, 5) is 39.9. The third-order valence-corrected chi connectivity index (χ3v) is 6.69. The number of aliphatic hydroxyl groups is 7. The van der Waals surface area contributed by atoms with E-state index in [-0.39, 0.29) is 116 Å². The quantitative estimate of drug-likeness (QED) is 0.0424. The van der Waals surface area contributed by atoms with Crippen molar-refractivity contribution in [3.8, 4) is 0 Å². The van der Waals surface area contributed by atoms with Crippen molar-refractivity contribution in [1.82, 2.24) is 14.7 Å². The molecule has 0 saturated carbocycles. The number of aliphatic hydroxyl groups excluding tert-OH is 7. The summed E-state index contributed by atoms with van der Waals surface area (Å²) in [6, 6.07) is 0. The van der Waals surface area contributed by atoms with Crippen molar-refractivity contribution in [2.24, 2.45) is 0 Å². The molecule has 0 unspecified atom stereocenters. The molecule has 0 fully saturated rings. The monoisotopic (exact) mass is 623 g/mol. The highest BCUT2D eigenvalue weighted by Crippen LogP contribution is 2.09. The minimum absolute atomic E-state index is 0.0392. The van der Waals surface area contributed by atoms with Gasteiger partial charge < -0.3 is 55.2 Å². The van der Waals surface area contributed by atoms with Crippen molar-refractivity contribution in [1.29, 1.82) is 0 Å². The first-order valence-corrected chi connectivity index (χ1v) is 15.2. The SMILES string of the molecule is O=C(CCCCC(=O)N(CCO)CCO)N(CCO)CCO.O=C(CCCCC1=[N+](CCO)CCO1)N(CCO)CCO. The summed E-state index contributed by atoms with van der Waals surface area (Å²) in [5, 5.41) is 62.1. The van der Waals surface area contributed by atoms with Gasteiger partial charge in [-0.3, -0.25) is 14.4 Å². The lowest BCUT2D eigenvalue weighted by Crippen LogP contribution is -2.36. The van der Waals surface area contributed by atoms with Gasteiger partial charge in [0.15, 0.2) is 19.7 Å². The molecule has 1 rings (SSSR count). The molecule has 15 nitrogen and oxygen atoms in total. The second-order valence-corrected chi connectivity index (χ2v) is 9.85. The van der Waals surface area contributed by atoms with Gasteiger partial charge in [0, 0.05) is 58.5 Å². The van der Waals surface area contributed by atoms with Gasteiger partial charge >= 0.3 is 5.90 Å². The van der Waals surface area contributed by atoms with E-state index in [0.29, 0.717) is 32.4 Å². The Morgan fingerprint density at radius 2 is 0.907 bits per heavy atom. The first-order valence-electron chi connectivity index (χ1n) is 15.2. The predicted octanol–water partition coefficient (Wildman–Crippen LogP) is -3.03. The minimum Gasteiger partial charge on any atom is -0.441 e. The molecule has 1 aliphatic heterocycles. The molecule has 1 heterocycles. The normalized spacial score (nSPS) is 12.4. The van der Waals surface area contributed by atoms with Gasteiger partial charge in [-0.25, -0.2) is 0 Å². The van der Waals surface area contributed by atoms with Crippen LogP contribution in [0.3, 0.4) is 0 Å². The van der Waals surface area contributed by atoms with Crippen molar-refractivity contribution in [2.45, 2.75) is 51.4 Å². The number of ether oxygens (including phenoxy) is 1. The average Bonchev–Trinajstić information content (AvgIpc) is 3.44. The lowest BCUT2D eigenvalue weighted by molar-refractivity contribution is -0.521. The van der Waals surface area contributed by atoms with Crippen LogP contribution in [0.5, 0.6) is 0 Å². The topological polar surface area (TPSA) is 215 Å². The number of nitrogens with zero attached hydrogens (tertiary/aromatic N) is 4. The summed E-state index contributed by atoms with van der Waals surface area (Å²) in [5.74, 6) is 0.554. The van der Waals surface area contributed by atoms with Crippen LogP contribution >= 0.6 is 0 Å². The van der Waals surface area contributed by atoms with Crippen molar-refractivity contribution in [3.63, 3.8) is 0 Å². The third kappa shape index (κ3) is 18.8. The first-order chi connectivity index (χ1) is 20.8. The number of hydrogen-bond donors (Lipinski definition) is 7. The van der Waals surface area contributed by atoms with E-state index in [4.69, 9.17) is 40.5 Å². The summed E-state index contributed by atoms with van der Waals surface area (Å²) in [7, 11) is 0. The Morgan fingerprint density at radius 1 is 0.558 bits per heavy atom. The van der Waals surface area contributed by atoms with Gasteiger partial charge in [0.2, 0.25) is 17.7 Å². The van der Waals surface area contributed by atoms with Crippen LogP contribution in [0.4, 0.5) is 0 Å². The summed E-state index contributed by atoms with van der Waals surface area (Å²) in [5.41, 5.74) is 0. The molecule has 0 spiro atoms. The number of amides is 3. The van der Waals surface area contributed by atoms with Crippen LogP contribution in [0.15, 0.2) is 0 Å². The molecule has 3 amide bonds. The maximum Gasteiger partial charge on any atom is 0.336 e. The highest BCUT2D eigenvalue weighted by atomic mass is 16.5. The Balaban J connectivity index is 0.000000821. The van der Waals surface area contributed by atoms with E-state index >= 15 is 0 Å². The van der Waals surface area contributed by atoms with Crippen LogP contribution in [0.1, 0.15) is 51.4 Å². The van der Waals surface area contributed by atoms with Crippen LogP contribution in [0.2, 0.25) is 0 Å². The number of rotatable bonds is 24. The van der Waals surface area contributed by atoms with Gasteiger partial charge in [-0.2, -0.15) is 4.58 Å². The van der Waals surface area contributed by atoms with E-state index in [1.807, 2.05) is 4.58 Å². The molecule has 15 heteroatoms. The number of β-amino-alcohol motifs (C(OH)–C–C–N with tert-alkyl or cyclic N) is 1. The molecule has 0 atom stereocenters. The number of hydrogen-bond acceptors (Lipinski definition) is 11. The van der Waals surface area contributed by atoms with E-state index in [2.05, 4.69) is 0 Å². The van der Waals surface area contributed by atoms with Gasteiger partial charge in [0.1, 0.15) is 6.61 Å². The zero-order valence-electron chi connectivity index (χ0n) is 25.5. The standard InChI is InChI=1S/C14H28N2O6.C14H27N2O5/c17-9-5-15(6-10-18)13(21)3-1-2-4-14(22)16(7-11-19)8-12-20;17-9-5-15(6-10-18)13(20)3-1-2-4-14-16(7-11-19)8-12-21-14/h17-20H,1-12H2;17-19H,1-12H2/q;+1. The van der Waals surface area contributed by atoms with Crippen molar-refractivity contribution < 1.29 is 59.4 Å². The molecule has 0 aromatic heterocycles. The van der Waals surface area contributed by atoms with Gasteiger partial charge in [-0.1, -0.05) is 0 Å². The second kappa shape index (κ2) is 27.2. The average molecular weight is 624 g/mol. The smallest absolute Gasteiger partial charge is 0.336 e. The number of unbranched alkanes of at least 4 members (excludes halogenated alkanes) is 2. The molecule has 43 heavy (non-hydrogen) atoms. The molecule has 0 aromatic rings. The van der Waals surface area contributed by atoms with E-state index in [1.54, 1.807) is 0 Å². The van der Waals surface area contributed by atoms with Crippen molar-refractivity contribution >= 4 is 23.6 Å². The van der Waals surface area contributed by atoms with Gasteiger partial charge in [0.25, 0.3) is 0 Å². The molecule has 0 saturated heterocycles. The third-order valence-electron chi connectivity index (χ3n) is 6.69. The summed E-state index contributed by atoms with van der Waals surface area (Å²) in [6.07, 6.45) is 4.34. The second-order valence-electron chi connectivity index (χ2n) is 9.85. The van der Waals surface area contributed by atoms with Crippen LogP contribution in [0, 0.1) is 0 Å². The highest BCUT2D eigenvalue weighted by molar-refractivity contribution is 5.77. The van der Waals surface area contributed by atoms with Crippen molar-refractivity contribution in [2.75, 3.05) is 105 Å². The molecule has 0 aliphatic carbocycles. The van der Waals surface area contributed by atoms with Crippen molar-refractivity contribution in [3.05, 3.63) is 0 Å². The molecular weight excluding hydrogens is 568 g/mol. The molecule has 252 valence electrons. The van der Waals surface area contributed by atoms with Gasteiger partial charge in [-0.05, 0) is 25.7 Å². The van der Waals surface area contributed by atoms with Crippen LogP contribution in [-0.2, 0) is 19.1 Å². The first kappa shape index (κ1) is 40.6. The molecule has 1 aliphatic rings.